The summed E-state index contributed by atoms with van der Waals surface area (Å²) >= 11 is 0. The molecule has 0 aliphatic carbocycles. The van der Waals surface area contributed by atoms with E-state index in [2.05, 4.69) is 25.9 Å². The molecule has 0 aromatic heterocycles. The Labute approximate surface area is 35.1 Å². The topological polar surface area (TPSA) is 3.24 Å². The summed E-state index contributed by atoms with van der Waals surface area (Å²) in [7, 11) is 4.11. The maximum atomic E-state index is 2.12. The summed E-state index contributed by atoms with van der Waals surface area (Å²) in [5.41, 5.74) is 0. The van der Waals surface area contributed by atoms with E-state index in [9.17, 15) is 0 Å². The molecule has 0 rings (SSSR count). The monoisotopic (exact) mass is 74.1 g/mol. The third-order valence-corrected chi connectivity index (χ3v) is 0.632. The highest BCUT2D eigenvalue weighted by Crippen LogP contribution is 1.63. The first-order valence-electron chi connectivity index (χ1n) is 1.92. The molecule has 0 unspecified atom stereocenters. The molecule has 0 aromatic rings. The molecule has 0 atom stereocenters. The smallest absolute Gasteiger partial charge is 0.310 e. The van der Waals surface area contributed by atoms with Gasteiger partial charge in [0.1, 0.15) is 0 Å². The average molecular weight is 74.1 g/mol. The maximum absolute atomic E-state index is 2.12. The van der Waals surface area contributed by atoms with Crippen molar-refractivity contribution in [2.75, 3.05) is 20.6 Å². The molecular formula is C4H12N+. The number of hydrogen-bond acceptors (Lipinski definition) is 1. The molecule has 0 aliphatic rings. The molecule has 0 heterocycles. The molecule has 0 bridgehead atoms. The first-order valence-corrected chi connectivity index (χ1v) is 1.92. The van der Waals surface area contributed by atoms with Crippen molar-refractivity contribution in [2.24, 2.45) is 0 Å². The lowest BCUT2D eigenvalue weighted by molar-refractivity contribution is 0.434. The van der Waals surface area contributed by atoms with Crippen molar-refractivity contribution in [1.29, 1.82) is 0 Å². The summed E-state index contributed by atoms with van der Waals surface area (Å²) in [6.07, 6.45) is 0. The molecule has 32 valence electrons. The minimum atomic E-state index is 0. The molecule has 0 spiro atoms. The molecule has 0 fully saturated rings. The SMILES string of the molecule is CCN(C)C.[H+]. The fourth-order valence-electron chi connectivity index (χ4n) is 0. The fraction of sp³-hybridized carbons (Fsp3) is 1.00. The van der Waals surface area contributed by atoms with E-state index in [1.165, 1.54) is 0 Å². The van der Waals surface area contributed by atoms with Gasteiger partial charge in [-0.1, -0.05) is 6.92 Å². The van der Waals surface area contributed by atoms with Crippen LogP contribution in [-0.4, -0.2) is 25.5 Å². The van der Waals surface area contributed by atoms with Crippen LogP contribution in [0.5, 0.6) is 0 Å². The van der Waals surface area contributed by atoms with E-state index in [0.29, 0.717) is 0 Å². The minimum absolute atomic E-state index is 0. The second-order valence-corrected chi connectivity index (χ2v) is 1.40. The van der Waals surface area contributed by atoms with E-state index in [-0.39, 0.29) is 1.43 Å². The van der Waals surface area contributed by atoms with Gasteiger partial charge in [-0.2, -0.15) is 0 Å². The Morgan fingerprint density at radius 1 is 1.60 bits per heavy atom. The Bertz CT molecular complexity index is 21.5. The van der Waals surface area contributed by atoms with Crippen LogP contribution in [0, 0.1) is 0 Å². The predicted molar refractivity (Wildman–Crippen MR) is 25.3 cm³/mol. The van der Waals surface area contributed by atoms with Crippen LogP contribution in [0.15, 0.2) is 0 Å². The second-order valence-electron chi connectivity index (χ2n) is 1.40. The Morgan fingerprint density at radius 3 is 1.80 bits per heavy atom. The van der Waals surface area contributed by atoms with E-state index in [4.69, 9.17) is 0 Å². The summed E-state index contributed by atoms with van der Waals surface area (Å²) in [5.74, 6) is 0. The van der Waals surface area contributed by atoms with Gasteiger partial charge in [0, 0.05) is 0 Å². The van der Waals surface area contributed by atoms with Gasteiger partial charge in [-0.3, -0.25) is 0 Å². The van der Waals surface area contributed by atoms with Gasteiger partial charge in [0.2, 0.25) is 0 Å². The lowest BCUT2D eigenvalue weighted by Gasteiger charge is -2.00. The first kappa shape index (κ1) is 4.96. The molecule has 0 saturated heterocycles. The first-order chi connectivity index (χ1) is 2.27. The molecule has 0 radical (unpaired) electrons. The average Bonchev–Trinajstić information content (AvgIpc) is 1.38. The number of hydrogen-bond donors (Lipinski definition) is 0. The Kier molecular flexibility index (Phi) is 2.19. The quantitative estimate of drug-likeness (QED) is 0.442. The van der Waals surface area contributed by atoms with Crippen LogP contribution in [0.4, 0.5) is 0 Å². The molecule has 1 nitrogen and oxygen atoms in total. The van der Waals surface area contributed by atoms with Crippen LogP contribution in [0.25, 0.3) is 0 Å². The molecule has 0 aromatic carbocycles. The van der Waals surface area contributed by atoms with E-state index in [0.717, 1.165) is 6.54 Å². The van der Waals surface area contributed by atoms with Crippen LogP contribution in [0.2, 0.25) is 0 Å². The van der Waals surface area contributed by atoms with Crippen molar-refractivity contribution in [2.45, 2.75) is 6.92 Å². The zero-order valence-electron chi connectivity index (χ0n) is 5.15. The van der Waals surface area contributed by atoms with Gasteiger partial charge in [-0.05, 0) is 20.6 Å². The molecule has 0 saturated carbocycles. The molecule has 0 N–H and O–H groups in total. The number of nitrogens with zero attached hydrogens (tertiary/aromatic N) is 1. The maximum Gasteiger partial charge on any atom is 1.00 e. The van der Waals surface area contributed by atoms with Crippen molar-refractivity contribution in [3.63, 3.8) is 0 Å². The van der Waals surface area contributed by atoms with Gasteiger partial charge < -0.3 is 4.90 Å². The summed E-state index contributed by atoms with van der Waals surface area (Å²) in [6, 6.07) is 0. The highest BCUT2D eigenvalue weighted by atomic mass is 15.0. The molecule has 0 aliphatic heterocycles. The molecule has 5 heavy (non-hydrogen) atoms. The Morgan fingerprint density at radius 2 is 1.80 bits per heavy atom. The molecule has 0 amide bonds. The zero-order chi connectivity index (χ0) is 4.28. The largest absolute Gasteiger partial charge is 1.00 e. The van der Waals surface area contributed by atoms with Gasteiger partial charge in [0.05, 0.1) is 0 Å². The summed E-state index contributed by atoms with van der Waals surface area (Å²) in [4.78, 5) is 2.12. The van der Waals surface area contributed by atoms with Crippen LogP contribution in [0.3, 0.4) is 0 Å². The summed E-state index contributed by atoms with van der Waals surface area (Å²) < 4.78 is 0. The lowest BCUT2D eigenvalue weighted by Crippen LogP contribution is -2.08. The number of rotatable bonds is 1. The summed E-state index contributed by atoms with van der Waals surface area (Å²) in [5, 5.41) is 0. The van der Waals surface area contributed by atoms with Crippen LogP contribution in [0.1, 0.15) is 8.35 Å². The van der Waals surface area contributed by atoms with Gasteiger partial charge in [0.25, 0.3) is 0 Å². The Hall–Kier alpha value is -0.0400. The molecule has 1 heteroatoms. The van der Waals surface area contributed by atoms with E-state index < -0.39 is 0 Å². The fourth-order valence-corrected chi connectivity index (χ4v) is 0. The van der Waals surface area contributed by atoms with Gasteiger partial charge >= 0.3 is 1.43 Å². The van der Waals surface area contributed by atoms with Crippen molar-refractivity contribution in [3.8, 4) is 0 Å². The highest BCUT2D eigenvalue weighted by Gasteiger charge is 1.72. The van der Waals surface area contributed by atoms with E-state index in [1.807, 2.05) is 0 Å². The van der Waals surface area contributed by atoms with Crippen molar-refractivity contribution < 1.29 is 1.43 Å². The van der Waals surface area contributed by atoms with Crippen LogP contribution in [-0.2, 0) is 0 Å². The highest BCUT2D eigenvalue weighted by molar-refractivity contribution is 4.25. The van der Waals surface area contributed by atoms with Gasteiger partial charge in [0.15, 0.2) is 0 Å². The standard InChI is InChI=1S/C4H11N/c1-4-5(2)3/h4H2,1-3H3/p+1. The third-order valence-electron chi connectivity index (χ3n) is 0.632. The minimum Gasteiger partial charge on any atom is -0.310 e. The Balaban J connectivity index is 0. The predicted octanol–water partition coefficient (Wildman–Crippen LogP) is 0.680. The van der Waals surface area contributed by atoms with Crippen molar-refractivity contribution in [1.82, 2.24) is 4.90 Å². The molecular weight excluding hydrogens is 62.1 g/mol. The van der Waals surface area contributed by atoms with Crippen molar-refractivity contribution in [3.05, 3.63) is 0 Å². The third kappa shape index (κ3) is 3.96. The summed E-state index contributed by atoms with van der Waals surface area (Å²) in [6.45, 7) is 3.26. The van der Waals surface area contributed by atoms with E-state index in [1.54, 1.807) is 0 Å². The normalized spacial score (nSPS) is 9.60. The van der Waals surface area contributed by atoms with Crippen molar-refractivity contribution >= 4 is 0 Å². The second kappa shape index (κ2) is 2.21. The lowest BCUT2D eigenvalue weighted by atomic mass is 10.7. The van der Waals surface area contributed by atoms with E-state index >= 15 is 0 Å². The van der Waals surface area contributed by atoms with Crippen LogP contribution < -0.4 is 0 Å². The van der Waals surface area contributed by atoms with Gasteiger partial charge in [-0.15, -0.1) is 0 Å². The van der Waals surface area contributed by atoms with Crippen LogP contribution >= 0.6 is 0 Å². The van der Waals surface area contributed by atoms with Gasteiger partial charge in [-0.25, -0.2) is 0 Å². The zero-order valence-corrected chi connectivity index (χ0v) is 4.15.